The Balaban J connectivity index is 1.19. The molecule has 1 amide bonds. The van der Waals surface area contributed by atoms with E-state index in [9.17, 15) is 9.59 Å². The van der Waals surface area contributed by atoms with Crippen molar-refractivity contribution in [1.82, 2.24) is 20.2 Å². The minimum absolute atomic E-state index is 0.0688. The van der Waals surface area contributed by atoms with Gasteiger partial charge in [0.2, 0.25) is 5.91 Å². The van der Waals surface area contributed by atoms with E-state index >= 15 is 0 Å². The van der Waals surface area contributed by atoms with Gasteiger partial charge in [-0.3, -0.25) is 14.5 Å². The second-order valence-electron chi connectivity index (χ2n) is 8.13. The molecular weight excluding hydrogens is 412 g/mol. The van der Waals surface area contributed by atoms with Gasteiger partial charge in [0.15, 0.2) is 0 Å². The predicted octanol–water partition coefficient (Wildman–Crippen LogP) is 3.68. The molecular formula is C24H27ClN4O2. The normalized spacial score (nSPS) is 15.3. The van der Waals surface area contributed by atoms with Crippen molar-refractivity contribution in [2.75, 3.05) is 13.1 Å². The van der Waals surface area contributed by atoms with Crippen LogP contribution in [0.2, 0.25) is 5.02 Å². The molecule has 0 radical (unpaired) electrons. The molecule has 0 aliphatic carbocycles. The molecule has 6 nitrogen and oxygen atoms in total. The van der Waals surface area contributed by atoms with E-state index in [0.717, 1.165) is 37.5 Å². The SMILES string of the molecule is O=C(CCCc1nc2ccccc2c(=O)[nH]1)NC1CCN(Cc2ccc(Cl)cc2)CC1. The Morgan fingerprint density at radius 1 is 1.13 bits per heavy atom. The number of amides is 1. The van der Waals surface area contributed by atoms with Crippen LogP contribution < -0.4 is 10.9 Å². The summed E-state index contributed by atoms with van der Waals surface area (Å²) in [6.07, 6.45) is 3.58. The summed E-state index contributed by atoms with van der Waals surface area (Å²) in [7, 11) is 0. The van der Waals surface area contributed by atoms with Crippen molar-refractivity contribution in [3.05, 3.63) is 75.3 Å². The Kier molecular flexibility index (Phi) is 6.99. The summed E-state index contributed by atoms with van der Waals surface area (Å²) in [5, 5.41) is 4.51. The fraction of sp³-hybridized carbons (Fsp3) is 0.375. The topological polar surface area (TPSA) is 78.1 Å². The monoisotopic (exact) mass is 438 g/mol. The molecule has 0 saturated carbocycles. The molecule has 4 rings (SSSR count). The summed E-state index contributed by atoms with van der Waals surface area (Å²) in [5.74, 6) is 0.700. The van der Waals surface area contributed by atoms with E-state index in [1.54, 1.807) is 6.07 Å². The highest BCUT2D eigenvalue weighted by Crippen LogP contribution is 2.16. The predicted molar refractivity (Wildman–Crippen MR) is 123 cm³/mol. The zero-order valence-corrected chi connectivity index (χ0v) is 18.2. The number of aryl methyl sites for hydroxylation is 1. The van der Waals surface area contributed by atoms with Crippen LogP contribution in [0.5, 0.6) is 0 Å². The number of aromatic nitrogens is 2. The van der Waals surface area contributed by atoms with Gasteiger partial charge in [0.05, 0.1) is 10.9 Å². The van der Waals surface area contributed by atoms with Crippen molar-refractivity contribution in [2.45, 2.75) is 44.7 Å². The fourth-order valence-electron chi connectivity index (χ4n) is 4.05. The van der Waals surface area contributed by atoms with Crippen LogP contribution in [0.15, 0.2) is 53.3 Å². The number of nitrogens with one attached hydrogen (secondary N) is 2. The highest BCUT2D eigenvalue weighted by Gasteiger charge is 2.20. The van der Waals surface area contributed by atoms with Crippen LogP contribution in [0.3, 0.4) is 0 Å². The lowest BCUT2D eigenvalue weighted by molar-refractivity contribution is -0.122. The molecule has 1 aliphatic rings. The van der Waals surface area contributed by atoms with Crippen molar-refractivity contribution in [3.63, 3.8) is 0 Å². The molecule has 2 aromatic carbocycles. The number of carbonyl (C=O) groups is 1. The molecule has 1 fully saturated rings. The lowest BCUT2D eigenvalue weighted by Gasteiger charge is -2.32. The van der Waals surface area contributed by atoms with E-state index in [1.165, 1.54) is 5.56 Å². The number of fused-ring (bicyclic) bond motifs is 1. The van der Waals surface area contributed by atoms with Crippen LogP contribution in [0, 0.1) is 0 Å². The number of para-hydroxylation sites is 1. The van der Waals surface area contributed by atoms with Gasteiger partial charge in [0.25, 0.3) is 5.56 Å². The summed E-state index contributed by atoms with van der Waals surface area (Å²) < 4.78 is 0. The number of halogens is 1. The minimum Gasteiger partial charge on any atom is -0.353 e. The van der Waals surface area contributed by atoms with Gasteiger partial charge in [0, 0.05) is 43.5 Å². The van der Waals surface area contributed by atoms with Crippen LogP contribution in [0.4, 0.5) is 0 Å². The third kappa shape index (κ3) is 5.93. The largest absolute Gasteiger partial charge is 0.353 e. The molecule has 162 valence electrons. The molecule has 2 heterocycles. The summed E-state index contributed by atoms with van der Waals surface area (Å²) >= 11 is 5.95. The van der Waals surface area contributed by atoms with Crippen molar-refractivity contribution in [2.24, 2.45) is 0 Å². The van der Waals surface area contributed by atoms with Crippen LogP contribution in [-0.4, -0.2) is 39.9 Å². The maximum Gasteiger partial charge on any atom is 0.258 e. The number of nitrogens with zero attached hydrogens (tertiary/aromatic N) is 2. The number of rotatable bonds is 7. The molecule has 1 saturated heterocycles. The van der Waals surface area contributed by atoms with Crippen molar-refractivity contribution in [1.29, 1.82) is 0 Å². The first-order chi connectivity index (χ1) is 15.1. The lowest BCUT2D eigenvalue weighted by atomic mass is 10.0. The maximum absolute atomic E-state index is 12.4. The molecule has 1 aliphatic heterocycles. The standard InChI is InChI=1S/C24H27ClN4O2/c25-18-10-8-17(9-11-18)16-29-14-12-19(13-15-29)26-23(30)7-3-6-22-27-21-5-2-1-4-20(21)24(31)28-22/h1-2,4-5,8-11,19H,3,6-7,12-16H2,(H,26,30)(H,27,28,31). The quantitative estimate of drug-likeness (QED) is 0.589. The van der Waals surface area contributed by atoms with E-state index < -0.39 is 0 Å². The Labute approximate surface area is 186 Å². The van der Waals surface area contributed by atoms with Gasteiger partial charge < -0.3 is 10.3 Å². The molecule has 0 bridgehead atoms. The molecule has 31 heavy (non-hydrogen) atoms. The first-order valence-corrected chi connectivity index (χ1v) is 11.2. The molecule has 0 unspecified atom stereocenters. The third-order valence-corrected chi connectivity index (χ3v) is 6.00. The van der Waals surface area contributed by atoms with Gasteiger partial charge in [-0.05, 0) is 49.1 Å². The van der Waals surface area contributed by atoms with E-state index in [4.69, 9.17) is 11.6 Å². The molecule has 0 atom stereocenters. The minimum atomic E-state index is -0.129. The number of likely N-dealkylation sites (tertiary alicyclic amines) is 1. The Morgan fingerprint density at radius 2 is 1.87 bits per heavy atom. The molecule has 0 spiro atoms. The zero-order chi connectivity index (χ0) is 21.6. The number of benzene rings is 2. The molecule has 7 heteroatoms. The van der Waals surface area contributed by atoms with E-state index in [2.05, 4.69) is 32.3 Å². The Morgan fingerprint density at radius 3 is 2.65 bits per heavy atom. The van der Waals surface area contributed by atoms with Crippen LogP contribution in [-0.2, 0) is 17.8 Å². The third-order valence-electron chi connectivity index (χ3n) is 5.75. The molecule has 2 N–H and O–H groups in total. The van der Waals surface area contributed by atoms with Gasteiger partial charge in [-0.15, -0.1) is 0 Å². The van der Waals surface area contributed by atoms with Crippen LogP contribution >= 0.6 is 11.6 Å². The van der Waals surface area contributed by atoms with Crippen molar-refractivity contribution in [3.8, 4) is 0 Å². The van der Waals surface area contributed by atoms with Gasteiger partial charge in [-0.25, -0.2) is 4.98 Å². The number of piperidine rings is 1. The first kappa shape index (κ1) is 21.5. The highest BCUT2D eigenvalue weighted by molar-refractivity contribution is 6.30. The second-order valence-corrected chi connectivity index (χ2v) is 8.56. The van der Waals surface area contributed by atoms with Crippen molar-refractivity contribution >= 4 is 28.4 Å². The summed E-state index contributed by atoms with van der Waals surface area (Å²) in [6, 6.07) is 15.5. The van der Waals surface area contributed by atoms with E-state index in [0.29, 0.717) is 36.0 Å². The maximum atomic E-state index is 12.4. The first-order valence-electron chi connectivity index (χ1n) is 10.8. The summed E-state index contributed by atoms with van der Waals surface area (Å²) in [6.45, 7) is 2.85. The van der Waals surface area contributed by atoms with Gasteiger partial charge in [-0.2, -0.15) is 0 Å². The van der Waals surface area contributed by atoms with E-state index in [-0.39, 0.29) is 17.5 Å². The van der Waals surface area contributed by atoms with Crippen molar-refractivity contribution < 1.29 is 4.79 Å². The lowest BCUT2D eigenvalue weighted by Crippen LogP contribution is -2.44. The number of aromatic amines is 1. The number of hydrogen-bond acceptors (Lipinski definition) is 4. The highest BCUT2D eigenvalue weighted by atomic mass is 35.5. The van der Waals surface area contributed by atoms with Gasteiger partial charge >= 0.3 is 0 Å². The Bertz CT molecular complexity index is 1090. The number of carbonyl (C=O) groups excluding carboxylic acids is 1. The second kappa shape index (κ2) is 10.1. The average Bonchev–Trinajstić information content (AvgIpc) is 2.77. The fourth-order valence-corrected chi connectivity index (χ4v) is 4.18. The van der Waals surface area contributed by atoms with Gasteiger partial charge in [-0.1, -0.05) is 35.9 Å². The molecule has 3 aromatic rings. The average molecular weight is 439 g/mol. The summed E-state index contributed by atoms with van der Waals surface area (Å²) in [5.41, 5.74) is 1.82. The number of hydrogen-bond donors (Lipinski definition) is 2. The van der Waals surface area contributed by atoms with Crippen LogP contribution in [0.1, 0.15) is 37.1 Å². The molecule has 1 aromatic heterocycles. The smallest absolute Gasteiger partial charge is 0.258 e. The van der Waals surface area contributed by atoms with Crippen LogP contribution in [0.25, 0.3) is 10.9 Å². The number of H-pyrrole nitrogens is 1. The van der Waals surface area contributed by atoms with E-state index in [1.807, 2.05) is 30.3 Å². The Hall–Kier alpha value is -2.70. The van der Waals surface area contributed by atoms with Gasteiger partial charge in [0.1, 0.15) is 5.82 Å². The summed E-state index contributed by atoms with van der Waals surface area (Å²) in [4.78, 5) is 34.2. The zero-order valence-electron chi connectivity index (χ0n) is 17.4.